The zero-order chi connectivity index (χ0) is 16.1. The zero-order valence-electron chi connectivity index (χ0n) is 14.3. The third kappa shape index (κ3) is 3.88. The standard InChI is InChI=1S/C17H29N3O2/c1-5-19(12-14-7-9-22-10-8-14)17(21)16-11-15(13(3)4)18-20(16)6-2/h11,13-14H,5-10,12H2,1-4H3. The first kappa shape index (κ1) is 17.0. The first-order valence-corrected chi connectivity index (χ1v) is 8.51. The summed E-state index contributed by atoms with van der Waals surface area (Å²) in [4.78, 5) is 14.9. The Balaban J connectivity index is 2.13. The van der Waals surface area contributed by atoms with E-state index in [1.807, 2.05) is 29.5 Å². The maximum absolute atomic E-state index is 12.9. The normalized spacial score (nSPS) is 16.2. The molecule has 0 saturated carbocycles. The smallest absolute Gasteiger partial charge is 0.272 e. The van der Waals surface area contributed by atoms with Crippen molar-refractivity contribution in [2.24, 2.45) is 5.92 Å². The topological polar surface area (TPSA) is 47.4 Å². The molecule has 0 radical (unpaired) electrons. The molecule has 0 spiro atoms. The average molecular weight is 307 g/mol. The number of carbonyl (C=O) groups excluding carboxylic acids is 1. The number of aryl methyl sites for hydroxylation is 1. The fourth-order valence-corrected chi connectivity index (χ4v) is 2.89. The van der Waals surface area contributed by atoms with Gasteiger partial charge in [-0.15, -0.1) is 0 Å². The van der Waals surface area contributed by atoms with Gasteiger partial charge in [-0.2, -0.15) is 5.10 Å². The summed E-state index contributed by atoms with van der Waals surface area (Å²) < 4.78 is 7.25. The van der Waals surface area contributed by atoms with Gasteiger partial charge in [0, 0.05) is 32.8 Å². The lowest BCUT2D eigenvalue weighted by atomic mass is 9.99. The highest BCUT2D eigenvalue weighted by atomic mass is 16.5. The molecule has 0 atom stereocenters. The van der Waals surface area contributed by atoms with E-state index < -0.39 is 0 Å². The van der Waals surface area contributed by atoms with Crippen molar-refractivity contribution in [3.05, 3.63) is 17.5 Å². The summed E-state index contributed by atoms with van der Waals surface area (Å²) in [6.07, 6.45) is 2.10. The van der Waals surface area contributed by atoms with E-state index in [9.17, 15) is 4.79 Å². The third-order valence-electron chi connectivity index (χ3n) is 4.40. The van der Waals surface area contributed by atoms with Crippen molar-refractivity contribution in [3.8, 4) is 0 Å². The van der Waals surface area contributed by atoms with Crippen molar-refractivity contribution in [2.45, 2.75) is 53.0 Å². The van der Waals surface area contributed by atoms with Crippen molar-refractivity contribution >= 4 is 5.91 Å². The molecule has 22 heavy (non-hydrogen) atoms. The van der Waals surface area contributed by atoms with Gasteiger partial charge < -0.3 is 9.64 Å². The lowest BCUT2D eigenvalue weighted by Crippen LogP contribution is -2.38. The van der Waals surface area contributed by atoms with E-state index in [0.717, 1.165) is 57.1 Å². The molecule has 1 aliphatic heterocycles. The highest BCUT2D eigenvalue weighted by Crippen LogP contribution is 2.19. The van der Waals surface area contributed by atoms with E-state index in [4.69, 9.17) is 4.74 Å². The van der Waals surface area contributed by atoms with Crippen LogP contribution in [0, 0.1) is 5.92 Å². The van der Waals surface area contributed by atoms with Gasteiger partial charge in [0.1, 0.15) is 5.69 Å². The Morgan fingerprint density at radius 1 is 1.41 bits per heavy atom. The largest absolute Gasteiger partial charge is 0.381 e. The Labute approximate surface area is 133 Å². The minimum Gasteiger partial charge on any atom is -0.381 e. The molecule has 5 heteroatoms. The van der Waals surface area contributed by atoms with Crippen LogP contribution in [0.5, 0.6) is 0 Å². The van der Waals surface area contributed by atoms with Gasteiger partial charge in [0.25, 0.3) is 5.91 Å². The average Bonchev–Trinajstić information content (AvgIpc) is 2.97. The summed E-state index contributed by atoms with van der Waals surface area (Å²) in [5.74, 6) is 1.00. The molecular formula is C17H29N3O2. The second kappa shape index (κ2) is 7.77. The summed E-state index contributed by atoms with van der Waals surface area (Å²) in [6, 6.07) is 1.96. The maximum atomic E-state index is 12.9. The van der Waals surface area contributed by atoms with Gasteiger partial charge >= 0.3 is 0 Å². The molecule has 2 heterocycles. The van der Waals surface area contributed by atoms with Crippen molar-refractivity contribution in [1.29, 1.82) is 0 Å². The molecule has 124 valence electrons. The number of aromatic nitrogens is 2. The van der Waals surface area contributed by atoms with E-state index in [1.165, 1.54) is 0 Å². The van der Waals surface area contributed by atoms with Crippen LogP contribution in [0.1, 0.15) is 62.6 Å². The molecule has 0 aromatic carbocycles. The van der Waals surface area contributed by atoms with Gasteiger partial charge in [0.05, 0.1) is 5.69 Å². The van der Waals surface area contributed by atoms with Gasteiger partial charge in [-0.25, -0.2) is 0 Å². The molecule has 1 aromatic rings. The highest BCUT2D eigenvalue weighted by Gasteiger charge is 2.24. The Bertz CT molecular complexity index is 490. The first-order valence-electron chi connectivity index (χ1n) is 8.51. The number of rotatable bonds is 6. The molecule has 1 saturated heterocycles. The van der Waals surface area contributed by atoms with Gasteiger partial charge in [-0.3, -0.25) is 9.48 Å². The molecule has 0 N–H and O–H groups in total. The Morgan fingerprint density at radius 2 is 2.09 bits per heavy atom. The summed E-state index contributed by atoms with van der Waals surface area (Å²) >= 11 is 0. The molecule has 0 bridgehead atoms. The van der Waals surface area contributed by atoms with Crippen molar-refractivity contribution in [1.82, 2.24) is 14.7 Å². The maximum Gasteiger partial charge on any atom is 0.272 e. The van der Waals surface area contributed by atoms with Crippen LogP contribution in [0.15, 0.2) is 6.07 Å². The summed E-state index contributed by atoms with van der Waals surface area (Å²) in [6.45, 7) is 12.2. The second-order valence-electron chi connectivity index (χ2n) is 6.32. The minimum atomic E-state index is 0.107. The van der Waals surface area contributed by atoms with E-state index >= 15 is 0 Å². The first-order chi connectivity index (χ1) is 10.6. The predicted octanol–water partition coefficient (Wildman–Crippen LogP) is 2.92. The molecule has 1 aromatic heterocycles. The van der Waals surface area contributed by atoms with Crippen molar-refractivity contribution in [2.75, 3.05) is 26.3 Å². The van der Waals surface area contributed by atoms with Gasteiger partial charge in [0.2, 0.25) is 0 Å². The van der Waals surface area contributed by atoms with Gasteiger partial charge in [-0.05, 0) is 44.6 Å². The van der Waals surface area contributed by atoms with Crippen LogP contribution in [0.3, 0.4) is 0 Å². The van der Waals surface area contributed by atoms with E-state index in [-0.39, 0.29) is 5.91 Å². The number of ether oxygens (including phenoxy) is 1. The molecule has 1 aliphatic rings. The monoisotopic (exact) mass is 307 g/mol. The number of nitrogens with zero attached hydrogens (tertiary/aromatic N) is 3. The zero-order valence-corrected chi connectivity index (χ0v) is 14.3. The van der Waals surface area contributed by atoms with Crippen LogP contribution >= 0.6 is 0 Å². The van der Waals surface area contributed by atoms with E-state index in [1.54, 1.807) is 0 Å². The van der Waals surface area contributed by atoms with Crippen LogP contribution in [0.25, 0.3) is 0 Å². The van der Waals surface area contributed by atoms with Gasteiger partial charge in [-0.1, -0.05) is 13.8 Å². The number of hydrogen-bond donors (Lipinski definition) is 0. The Kier molecular flexibility index (Phi) is 6.00. The lowest BCUT2D eigenvalue weighted by molar-refractivity contribution is 0.0461. The fourth-order valence-electron chi connectivity index (χ4n) is 2.89. The third-order valence-corrected chi connectivity index (χ3v) is 4.40. The number of hydrogen-bond acceptors (Lipinski definition) is 3. The summed E-state index contributed by atoms with van der Waals surface area (Å²) in [5.41, 5.74) is 1.72. The van der Waals surface area contributed by atoms with Crippen LogP contribution in [-0.4, -0.2) is 46.9 Å². The molecule has 0 unspecified atom stereocenters. The van der Waals surface area contributed by atoms with Crippen LogP contribution in [-0.2, 0) is 11.3 Å². The van der Waals surface area contributed by atoms with Crippen LogP contribution in [0.4, 0.5) is 0 Å². The second-order valence-corrected chi connectivity index (χ2v) is 6.32. The molecule has 5 nitrogen and oxygen atoms in total. The van der Waals surface area contributed by atoms with Crippen molar-refractivity contribution in [3.63, 3.8) is 0 Å². The van der Waals surface area contributed by atoms with Crippen LogP contribution in [0.2, 0.25) is 0 Å². The SMILES string of the molecule is CCN(CC1CCOCC1)C(=O)c1cc(C(C)C)nn1CC. The fraction of sp³-hybridized carbons (Fsp3) is 0.765. The number of amides is 1. The Hall–Kier alpha value is -1.36. The minimum absolute atomic E-state index is 0.107. The number of carbonyl (C=O) groups is 1. The van der Waals surface area contributed by atoms with E-state index in [2.05, 4.69) is 18.9 Å². The van der Waals surface area contributed by atoms with Crippen molar-refractivity contribution < 1.29 is 9.53 Å². The lowest BCUT2D eigenvalue weighted by Gasteiger charge is -2.29. The quantitative estimate of drug-likeness (QED) is 0.812. The molecule has 2 rings (SSSR count). The van der Waals surface area contributed by atoms with Gasteiger partial charge in [0.15, 0.2) is 0 Å². The van der Waals surface area contributed by atoms with Crippen LogP contribution < -0.4 is 0 Å². The summed E-state index contributed by atoms with van der Waals surface area (Å²) in [7, 11) is 0. The highest BCUT2D eigenvalue weighted by molar-refractivity contribution is 5.92. The molecule has 0 aliphatic carbocycles. The summed E-state index contributed by atoms with van der Waals surface area (Å²) in [5, 5.41) is 4.56. The predicted molar refractivity (Wildman–Crippen MR) is 87.1 cm³/mol. The van der Waals surface area contributed by atoms with E-state index in [0.29, 0.717) is 11.8 Å². The Morgan fingerprint density at radius 3 is 2.64 bits per heavy atom. The molecule has 1 amide bonds. The molecular weight excluding hydrogens is 278 g/mol. The molecule has 1 fully saturated rings.